The summed E-state index contributed by atoms with van der Waals surface area (Å²) in [5.41, 5.74) is 4.06. The number of benzene rings is 3. The molecule has 1 unspecified atom stereocenters. The maximum absolute atomic E-state index is 13.7. The lowest BCUT2D eigenvalue weighted by Crippen LogP contribution is -3.05. The minimum atomic E-state index is -0.713. The topological polar surface area (TPSA) is 74.1 Å². The van der Waals surface area contributed by atoms with Gasteiger partial charge in [0, 0.05) is 18.5 Å². The van der Waals surface area contributed by atoms with Crippen LogP contribution in [0.25, 0.3) is 5.76 Å². The zero-order chi connectivity index (χ0) is 26.5. The molecular formula is C31H34N2O4. The van der Waals surface area contributed by atoms with Gasteiger partial charge >= 0.3 is 0 Å². The number of carbonyl (C=O) groups is 2. The first-order chi connectivity index (χ1) is 17.8. The first kappa shape index (κ1) is 26.2. The summed E-state index contributed by atoms with van der Waals surface area (Å²) in [5, 5.41) is 13.7. The van der Waals surface area contributed by atoms with E-state index in [-0.39, 0.29) is 5.57 Å². The highest BCUT2D eigenvalue weighted by atomic mass is 16.5. The molecule has 3 aromatic carbocycles. The van der Waals surface area contributed by atoms with Crippen LogP contribution in [0.2, 0.25) is 0 Å². The molecule has 1 heterocycles. The number of hydrogen-bond donors (Lipinski definition) is 1. The van der Waals surface area contributed by atoms with E-state index in [2.05, 4.69) is 0 Å². The number of aryl methyl sites for hydroxylation is 2. The van der Waals surface area contributed by atoms with Crippen molar-refractivity contribution in [3.8, 4) is 5.75 Å². The van der Waals surface area contributed by atoms with Gasteiger partial charge in [0.1, 0.15) is 12.4 Å². The van der Waals surface area contributed by atoms with Gasteiger partial charge in [-0.15, -0.1) is 0 Å². The summed E-state index contributed by atoms with van der Waals surface area (Å²) < 4.78 is 5.95. The Kier molecular flexibility index (Phi) is 8.09. The molecular weight excluding hydrogens is 464 g/mol. The third-order valence-electron chi connectivity index (χ3n) is 6.67. The zero-order valence-corrected chi connectivity index (χ0v) is 21.9. The molecule has 1 atom stereocenters. The fourth-order valence-electron chi connectivity index (χ4n) is 4.64. The molecule has 0 bridgehead atoms. The maximum atomic E-state index is 13.7. The molecule has 1 aliphatic rings. The van der Waals surface area contributed by atoms with Crippen LogP contribution in [-0.4, -0.2) is 43.8 Å². The van der Waals surface area contributed by atoms with Gasteiger partial charge in [-0.2, -0.15) is 0 Å². The second kappa shape index (κ2) is 11.4. The van der Waals surface area contributed by atoms with Gasteiger partial charge in [-0.25, -0.2) is 0 Å². The van der Waals surface area contributed by atoms with Crippen molar-refractivity contribution < 1.29 is 24.3 Å². The number of ether oxygens (including phenoxy) is 1. The van der Waals surface area contributed by atoms with Gasteiger partial charge in [-0.3, -0.25) is 9.59 Å². The van der Waals surface area contributed by atoms with Crippen molar-refractivity contribution in [1.29, 1.82) is 0 Å². The fourth-order valence-corrected chi connectivity index (χ4v) is 4.64. The number of Topliss-reactive ketones (excluding diaryl/α,β-unsaturated/α-hetero) is 1. The number of hydrogen-bond acceptors (Lipinski definition) is 4. The third kappa shape index (κ3) is 5.92. The molecule has 0 radical (unpaired) electrons. The Morgan fingerprint density at radius 3 is 2.32 bits per heavy atom. The Morgan fingerprint density at radius 2 is 1.68 bits per heavy atom. The molecule has 192 valence electrons. The molecule has 3 aromatic rings. The molecule has 0 spiro atoms. The minimum Gasteiger partial charge on any atom is -0.872 e. The Morgan fingerprint density at radius 1 is 0.973 bits per heavy atom. The number of rotatable bonds is 9. The minimum absolute atomic E-state index is 0.0170. The van der Waals surface area contributed by atoms with E-state index in [0.29, 0.717) is 24.5 Å². The number of amides is 1. The molecule has 1 amide bonds. The number of nitrogens with one attached hydrogen (secondary N) is 1. The lowest BCUT2D eigenvalue weighted by Gasteiger charge is -2.28. The van der Waals surface area contributed by atoms with Gasteiger partial charge in [-0.05, 0) is 48.2 Å². The quantitative estimate of drug-likeness (QED) is 0.280. The van der Waals surface area contributed by atoms with Crippen LogP contribution < -0.4 is 14.7 Å². The maximum Gasteiger partial charge on any atom is 0.295 e. The van der Waals surface area contributed by atoms with E-state index in [1.165, 1.54) is 4.90 Å². The number of nitrogens with zero attached hydrogens (tertiary/aromatic N) is 1. The van der Waals surface area contributed by atoms with E-state index >= 15 is 0 Å². The molecule has 1 saturated heterocycles. The van der Waals surface area contributed by atoms with Crippen LogP contribution >= 0.6 is 0 Å². The lowest BCUT2D eigenvalue weighted by molar-refractivity contribution is -0.858. The number of likely N-dealkylation sites (tertiary alicyclic amines) is 1. The standard InChI is InChI=1S/C31H34N2O4/c1-21-11-13-24(14-12-21)28-27(30(35)31(36)33(28)18-8-17-32(3)4)29(34)25-15-16-26(22(2)19-25)37-20-23-9-6-5-7-10-23/h5-7,9-16,19,28,34H,8,17-18,20H2,1-4H3/b29-27+. The van der Waals surface area contributed by atoms with E-state index in [9.17, 15) is 14.7 Å². The van der Waals surface area contributed by atoms with Crippen LogP contribution in [0, 0.1) is 13.8 Å². The smallest absolute Gasteiger partial charge is 0.295 e. The summed E-state index contributed by atoms with van der Waals surface area (Å²) in [6, 6.07) is 22.0. The predicted molar refractivity (Wildman–Crippen MR) is 142 cm³/mol. The third-order valence-corrected chi connectivity index (χ3v) is 6.67. The highest BCUT2D eigenvalue weighted by Gasteiger charge is 2.43. The molecule has 0 saturated carbocycles. The van der Waals surface area contributed by atoms with E-state index in [0.717, 1.165) is 35.2 Å². The van der Waals surface area contributed by atoms with Gasteiger partial charge < -0.3 is 19.6 Å². The largest absolute Gasteiger partial charge is 0.872 e. The van der Waals surface area contributed by atoms with Crippen molar-refractivity contribution in [2.45, 2.75) is 32.9 Å². The Hall–Kier alpha value is -3.90. The van der Waals surface area contributed by atoms with Crippen LogP contribution in [0.15, 0.2) is 78.4 Å². The van der Waals surface area contributed by atoms with Crippen molar-refractivity contribution in [3.05, 3.63) is 106 Å². The Labute approximate surface area is 218 Å². The molecule has 37 heavy (non-hydrogen) atoms. The van der Waals surface area contributed by atoms with E-state index in [1.54, 1.807) is 23.1 Å². The molecule has 6 nitrogen and oxygen atoms in total. The highest BCUT2D eigenvalue weighted by molar-refractivity contribution is 6.46. The summed E-state index contributed by atoms with van der Waals surface area (Å²) in [5.74, 6) is -1.07. The van der Waals surface area contributed by atoms with Crippen molar-refractivity contribution in [1.82, 2.24) is 4.90 Å². The van der Waals surface area contributed by atoms with Crippen molar-refractivity contribution in [3.63, 3.8) is 0 Å². The lowest BCUT2D eigenvalue weighted by atomic mass is 9.94. The summed E-state index contributed by atoms with van der Waals surface area (Å²) in [7, 11) is 4.09. The van der Waals surface area contributed by atoms with Crippen LogP contribution in [0.1, 0.15) is 40.3 Å². The number of carbonyl (C=O) groups excluding carboxylic acids is 2. The summed E-state index contributed by atoms with van der Waals surface area (Å²) in [6.07, 6.45) is 0.734. The average molecular weight is 499 g/mol. The van der Waals surface area contributed by atoms with Crippen LogP contribution in [-0.2, 0) is 16.2 Å². The van der Waals surface area contributed by atoms with Gasteiger partial charge in [0.2, 0.25) is 5.78 Å². The van der Waals surface area contributed by atoms with Crippen molar-refractivity contribution >= 4 is 17.4 Å². The predicted octanol–water partition coefficient (Wildman–Crippen LogP) is 2.64. The molecule has 0 aliphatic carbocycles. The zero-order valence-electron chi connectivity index (χ0n) is 21.9. The Bertz CT molecular complexity index is 1300. The molecule has 6 heteroatoms. The Balaban J connectivity index is 1.67. The SMILES string of the molecule is Cc1ccc(C2/C(=C(\[O-])c3ccc(OCc4ccccc4)c(C)c3)C(=O)C(=O)N2CCC[NH+](C)C)cc1. The monoisotopic (exact) mass is 498 g/mol. The van der Waals surface area contributed by atoms with Crippen molar-refractivity contribution in [2.24, 2.45) is 0 Å². The molecule has 1 N–H and O–H groups in total. The molecule has 0 aromatic heterocycles. The second-order valence-electron chi connectivity index (χ2n) is 9.95. The summed E-state index contributed by atoms with van der Waals surface area (Å²) >= 11 is 0. The summed E-state index contributed by atoms with van der Waals surface area (Å²) in [6.45, 7) is 5.53. The van der Waals surface area contributed by atoms with Crippen LogP contribution in [0.3, 0.4) is 0 Å². The van der Waals surface area contributed by atoms with Crippen LogP contribution in [0.5, 0.6) is 5.75 Å². The van der Waals surface area contributed by atoms with E-state index in [4.69, 9.17) is 4.74 Å². The highest BCUT2D eigenvalue weighted by Crippen LogP contribution is 2.39. The first-order valence-electron chi connectivity index (χ1n) is 12.7. The molecule has 4 rings (SSSR count). The second-order valence-corrected chi connectivity index (χ2v) is 9.95. The number of quaternary nitrogens is 1. The van der Waals surface area contributed by atoms with E-state index in [1.807, 2.05) is 82.5 Å². The number of ketones is 1. The van der Waals surface area contributed by atoms with Crippen LogP contribution in [0.4, 0.5) is 0 Å². The normalized spacial score (nSPS) is 17.0. The van der Waals surface area contributed by atoms with Gasteiger partial charge in [0.15, 0.2) is 0 Å². The fraction of sp³-hybridized carbons (Fsp3) is 0.290. The van der Waals surface area contributed by atoms with Gasteiger partial charge in [0.05, 0.1) is 26.7 Å². The molecule has 1 aliphatic heterocycles. The van der Waals surface area contributed by atoms with Crippen molar-refractivity contribution in [2.75, 3.05) is 27.2 Å². The molecule has 1 fully saturated rings. The van der Waals surface area contributed by atoms with E-state index < -0.39 is 23.5 Å². The average Bonchev–Trinajstić information content (AvgIpc) is 3.13. The first-order valence-corrected chi connectivity index (χ1v) is 12.7. The summed E-state index contributed by atoms with van der Waals surface area (Å²) in [4.78, 5) is 29.1. The van der Waals surface area contributed by atoms with Gasteiger partial charge in [0.25, 0.3) is 5.91 Å². The van der Waals surface area contributed by atoms with Gasteiger partial charge in [-0.1, -0.05) is 72.0 Å².